The molecule has 2 aromatic rings. The van der Waals surface area contributed by atoms with Gasteiger partial charge in [0.05, 0.1) is 24.0 Å². The maximum absolute atomic E-state index is 13.1. The topological polar surface area (TPSA) is 168 Å². The quantitative estimate of drug-likeness (QED) is 0.348. The molecule has 0 bridgehead atoms. The SMILES string of the molecule is COc1ccccc1/C=C1\SC(=O)N(C(CCC(C(=O)O)N2C(=O)S/C(=C\c3ccccc3OC)C2=O)C(=O)O)C1=O. The number of thioether (sulfide) groups is 2. The van der Waals surface area contributed by atoms with E-state index in [1.165, 1.54) is 26.4 Å². The van der Waals surface area contributed by atoms with E-state index < -0.39 is 59.2 Å². The van der Waals surface area contributed by atoms with Crippen molar-refractivity contribution in [3.05, 3.63) is 69.5 Å². The Kier molecular flexibility index (Phi) is 9.38. The molecule has 0 aliphatic carbocycles. The van der Waals surface area contributed by atoms with E-state index in [0.29, 0.717) is 55.9 Å². The fraction of sp³-hybridized carbons (Fsp3) is 0.214. The van der Waals surface area contributed by atoms with E-state index in [1.807, 2.05) is 0 Å². The first-order chi connectivity index (χ1) is 20.1. The number of carbonyl (C=O) groups excluding carboxylic acids is 4. The predicted octanol–water partition coefficient (Wildman–Crippen LogP) is 4.16. The third kappa shape index (κ3) is 6.19. The standard InChI is InChI=1S/C28H24N2O10S2/c1-39-19-9-5-3-7-15(19)13-21-23(31)29(27(37)41-21)17(25(33)34)11-12-18(26(35)36)30-24(32)22(42-28(30)38)14-16-8-4-6-10-20(16)40-2/h3-10,13-14,17-18H,11-12H2,1-2H3,(H,33,34)(H,35,36)/b21-13-,22-14-. The van der Waals surface area contributed by atoms with Crippen LogP contribution in [0.15, 0.2) is 58.3 Å². The number of aliphatic carboxylic acids is 2. The molecule has 2 fully saturated rings. The largest absolute Gasteiger partial charge is 0.496 e. The average Bonchev–Trinajstić information content (AvgIpc) is 3.39. The van der Waals surface area contributed by atoms with Crippen molar-refractivity contribution in [1.29, 1.82) is 0 Å². The highest BCUT2D eigenvalue weighted by atomic mass is 32.2. The van der Waals surface area contributed by atoms with Gasteiger partial charge in [-0.15, -0.1) is 0 Å². The molecule has 0 saturated carbocycles. The molecule has 218 valence electrons. The van der Waals surface area contributed by atoms with Gasteiger partial charge in [0, 0.05) is 11.1 Å². The number of hydrogen-bond donors (Lipinski definition) is 2. The van der Waals surface area contributed by atoms with Gasteiger partial charge in [-0.05, 0) is 60.7 Å². The van der Waals surface area contributed by atoms with Crippen LogP contribution in [0.1, 0.15) is 24.0 Å². The summed E-state index contributed by atoms with van der Waals surface area (Å²) in [6.07, 6.45) is 1.74. The number of imide groups is 2. The molecule has 2 saturated heterocycles. The summed E-state index contributed by atoms with van der Waals surface area (Å²) in [5.74, 6) is -3.99. The summed E-state index contributed by atoms with van der Waals surface area (Å²) in [5.41, 5.74) is 0.979. The van der Waals surface area contributed by atoms with Gasteiger partial charge in [-0.2, -0.15) is 0 Å². The molecule has 2 aromatic carbocycles. The first kappa shape index (κ1) is 30.4. The number of methoxy groups -OCH3 is 2. The summed E-state index contributed by atoms with van der Waals surface area (Å²) in [6, 6.07) is 9.94. The molecule has 4 rings (SSSR count). The van der Waals surface area contributed by atoms with Gasteiger partial charge in [0.1, 0.15) is 23.6 Å². The Morgan fingerprint density at radius 2 is 1.07 bits per heavy atom. The Morgan fingerprint density at radius 1 is 0.714 bits per heavy atom. The predicted molar refractivity (Wildman–Crippen MR) is 154 cm³/mol. The van der Waals surface area contributed by atoms with Crippen molar-refractivity contribution in [3.8, 4) is 11.5 Å². The molecular formula is C28H24N2O10S2. The van der Waals surface area contributed by atoms with Gasteiger partial charge in [-0.25, -0.2) is 9.59 Å². The van der Waals surface area contributed by atoms with Gasteiger partial charge in [0.15, 0.2) is 0 Å². The van der Waals surface area contributed by atoms with Crippen molar-refractivity contribution in [3.63, 3.8) is 0 Å². The van der Waals surface area contributed by atoms with Crippen molar-refractivity contribution < 1.29 is 48.5 Å². The summed E-state index contributed by atoms with van der Waals surface area (Å²) in [6.45, 7) is 0. The van der Waals surface area contributed by atoms with Crippen LogP contribution in [0.3, 0.4) is 0 Å². The second kappa shape index (κ2) is 13.0. The van der Waals surface area contributed by atoms with Crippen molar-refractivity contribution in [2.45, 2.75) is 24.9 Å². The van der Waals surface area contributed by atoms with Crippen LogP contribution in [0.25, 0.3) is 12.2 Å². The van der Waals surface area contributed by atoms with Gasteiger partial charge in [0.25, 0.3) is 22.3 Å². The highest BCUT2D eigenvalue weighted by molar-refractivity contribution is 8.18. The maximum Gasteiger partial charge on any atom is 0.326 e. The van der Waals surface area contributed by atoms with E-state index in [9.17, 15) is 39.0 Å². The molecule has 0 spiro atoms. The third-order valence-corrected chi connectivity index (χ3v) is 8.17. The molecule has 0 aromatic heterocycles. The molecule has 42 heavy (non-hydrogen) atoms. The summed E-state index contributed by atoms with van der Waals surface area (Å²) < 4.78 is 10.5. The van der Waals surface area contributed by atoms with Crippen LogP contribution in [-0.2, 0) is 19.2 Å². The molecule has 12 nitrogen and oxygen atoms in total. The van der Waals surface area contributed by atoms with Crippen LogP contribution in [0, 0.1) is 0 Å². The van der Waals surface area contributed by atoms with Gasteiger partial charge in [-0.3, -0.25) is 29.0 Å². The number of carboxylic acid groups (broad SMARTS) is 2. The van der Waals surface area contributed by atoms with Crippen molar-refractivity contribution in [2.75, 3.05) is 14.2 Å². The van der Waals surface area contributed by atoms with Crippen LogP contribution >= 0.6 is 23.5 Å². The lowest BCUT2D eigenvalue weighted by atomic mass is 10.0. The normalized spacial score (nSPS) is 18.6. The summed E-state index contributed by atoms with van der Waals surface area (Å²) in [4.78, 5) is 77.2. The van der Waals surface area contributed by atoms with Crippen LogP contribution in [0.5, 0.6) is 11.5 Å². The summed E-state index contributed by atoms with van der Waals surface area (Å²) >= 11 is 1.07. The van der Waals surface area contributed by atoms with E-state index in [-0.39, 0.29) is 9.81 Å². The molecule has 2 heterocycles. The second-order valence-electron chi connectivity index (χ2n) is 8.87. The number of benzene rings is 2. The zero-order chi connectivity index (χ0) is 30.6. The molecule has 2 aliphatic heterocycles. The van der Waals surface area contributed by atoms with Crippen LogP contribution < -0.4 is 9.47 Å². The Morgan fingerprint density at radius 3 is 1.40 bits per heavy atom. The Bertz CT molecular complexity index is 1420. The monoisotopic (exact) mass is 612 g/mol. The maximum atomic E-state index is 13.1. The van der Waals surface area contributed by atoms with Gasteiger partial charge >= 0.3 is 11.9 Å². The Hall–Kier alpha value is -4.56. The van der Waals surface area contributed by atoms with Crippen LogP contribution in [0.4, 0.5) is 9.59 Å². The van der Waals surface area contributed by atoms with E-state index in [4.69, 9.17) is 9.47 Å². The zero-order valence-corrected chi connectivity index (χ0v) is 23.8. The molecule has 2 N–H and O–H groups in total. The summed E-state index contributed by atoms with van der Waals surface area (Å²) in [7, 11) is 2.87. The van der Waals surface area contributed by atoms with Gasteiger partial charge in [0.2, 0.25) is 0 Å². The number of carboxylic acids is 2. The smallest absolute Gasteiger partial charge is 0.326 e. The molecule has 4 amide bonds. The first-order valence-corrected chi connectivity index (χ1v) is 14.0. The number of nitrogens with zero attached hydrogens (tertiary/aromatic N) is 2. The van der Waals surface area contributed by atoms with Crippen molar-refractivity contribution >= 4 is 69.9 Å². The number of rotatable bonds is 11. The van der Waals surface area contributed by atoms with Gasteiger partial charge in [-0.1, -0.05) is 36.4 Å². The summed E-state index contributed by atoms with van der Waals surface area (Å²) in [5, 5.41) is 18.1. The minimum Gasteiger partial charge on any atom is -0.496 e. The van der Waals surface area contributed by atoms with E-state index in [2.05, 4.69) is 0 Å². The molecule has 0 radical (unpaired) electrons. The molecule has 14 heteroatoms. The number of para-hydroxylation sites is 2. The molecule has 2 unspecified atom stereocenters. The number of hydrogen-bond acceptors (Lipinski definition) is 10. The minimum absolute atomic E-state index is 0.0436. The van der Waals surface area contributed by atoms with E-state index in [1.54, 1.807) is 48.5 Å². The number of carbonyl (C=O) groups is 6. The van der Waals surface area contributed by atoms with E-state index >= 15 is 0 Å². The molecule has 2 atom stereocenters. The van der Waals surface area contributed by atoms with Crippen LogP contribution in [-0.4, -0.2) is 80.5 Å². The lowest BCUT2D eigenvalue weighted by Gasteiger charge is -2.25. The highest BCUT2D eigenvalue weighted by Gasteiger charge is 2.46. The Balaban J connectivity index is 1.55. The van der Waals surface area contributed by atoms with Crippen molar-refractivity contribution in [1.82, 2.24) is 9.80 Å². The number of ether oxygens (including phenoxy) is 2. The second-order valence-corrected chi connectivity index (χ2v) is 10.9. The lowest BCUT2D eigenvalue weighted by Crippen LogP contribution is -2.47. The number of amides is 4. The van der Waals surface area contributed by atoms with Crippen molar-refractivity contribution in [2.24, 2.45) is 0 Å². The van der Waals surface area contributed by atoms with Crippen LogP contribution in [0.2, 0.25) is 0 Å². The molecule has 2 aliphatic rings. The minimum atomic E-state index is -1.74. The molecular weight excluding hydrogens is 588 g/mol. The fourth-order valence-corrected chi connectivity index (χ4v) is 6.13. The Labute approximate surface area is 247 Å². The average molecular weight is 613 g/mol. The fourth-order valence-electron chi connectivity index (χ4n) is 4.39. The lowest BCUT2D eigenvalue weighted by molar-refractivity contribution is -0.148. The third-order valence-electron chi connectivity index (χ3n) is 6.41. The van der Waals surface area contributed by atoms with E-state index in [0.717, 1.165) is 0 Å². The highest BCUT2D eigenvalue weighted by Crippen LogP contribution is 2.38. The van der Waals surface area contributed by atoms with Gasteiger partial charge < -0.3 is 19.7 Å². The zero-order valence-electron chi connectivity index (χ0n) is 22.2. The first-order valence-electron chi connectivity index (χ1n) is 12.3.